The standard InChI is InChI=1S/C27H26O12P2S4/c28-42(29,30)24-10-2-20(3-11-24)40(21-4-12-25(13-5-21)43(31,32)33)18-1-19-41(22-6-14-26(15-7-22)44(34,35)36)23-8-16-27(17-9-23)45(37,38)39/h2-17H,1,18-19H2,(H,28,29,30)(H,31,32,33)(H,34,35,36)(H,37,38,39). The van der Waals surface area contributed by atoms with Gasteiger partial charge in [-0.3, -0.25) is 18.2 Å². The van der Waals surface area contributed by atoms with E-state index in [1.165, 1.54) is 48.5 Å². The van der Waals surface area contributed by atoms with E-state index in [4.69, 9.17) is 0 Å². The molecule has 0 fully saturated rings. The predicted molar refractivity (Wildman–Crippen MR) is 172 cm³/mol. The third-order valence-electron chi connectivity index (χ3n) is 6.55. The van der Waals surface area contributed by atoms with Gasteiger partial charge in [0.05, 0.1) is 19.6 Å². The highest BCUT2D eigenvalue weighted by Gasteiger charge is 2.21. The number of hydrogen-bond donors (Lipinski definition) is 4. The fraction of sp³-hybridized carbons (Fsp3) is 0.111. The molecule has 240 valence electrons. The van der Waals surface area contributed by atoms with Gasteiger partial charge in [-0.15, -0.1) is 0 Å². The fourth-order valence-corrected chi connectivity index (χ4v) is 11.2. The monoisotopic (exact) mass is 732 g/mol. The number of benzene rings is 4. The van der Waals surface area contributed by atoms with Gasteiger partial charge in [0.2, 0.25) is 0 Å². The molecule has 0 atom stereocenters. The van der Waals surface area contributed by atoms with Crippen molar-refractivity contribution in [2.75, 3.05) is 12.3 Å². The van der Waals surface area contributed by atoms with Crippen LogP contribution in [0.1, 0.15) is 6.42 Å². The Hall–Kier alpha value is -2.62. The lowest BCUT2D eigenvalue weighted by Gasteiger charge is -2.23. The van der Waals surface area contributed by atoms with Crippen molar-refractivity contribution in [1.29, 1.82) is 0 Å². The predicted octanol–water partition coefficient (Wildman–Crippen LogP) is 2.63. The Kier molecular flexibility index (Phi) is 10.7. The van der Waals surface area contributed by atoms with Gasteiger partial charge in [0.25, 0.3) is 40.5 Å². The van der Waals surface area contributed by atoms with E-state index in [1.54, 1.807) is 48.5 Å². The van der Waals surface area contributed by atoms with E-state index in [0.29, 0.717) is 18.7 Å². The molecular weight excluding hydrogens is 707 g/mol. The molecule has 0 aliphatic carbocycles. The third kappa shape index (κ3) is 9.23. The van der Waals surface area contributed by atoms with E-state index >= 15 is 0 Å². The lowest BCUT2D eigenvalue weighted by Crippen LogP contribution is -2.18. The molecule has 0 heterocycles. The van der Waals surface area contributed by atoms with Gasteiger partial charge >= 0.3 is 0 Å². The Morgan fingerprint density at radius 3 is 0.689 bits per heavy atom. The number of rotatable bonds is 12. The highest BCUT2D eigenvalue weighted by Crippen LogP contribution is 2.40. The summed E-state index contributed by atoms with van der Waals surface area (Å²) in [6, 6.07) is 22.5. The molecule has 4 rings (SSSR count). The normalized spacial score (nSPS) is 12.9. The van der Waals surface area contributed by atoms with Crippen molar-refractivity contribution in [1.82, 2.24) is 0 Å². The summed E-state index contributed by atoms with van der Waals surface area (Å²) in [6.45, 7) is 0. The van der Waals surface area contributed by atoms with Crippen LogP contribution in [-0.2, 0) is 40.5 Å². The minimum Gasteiger partial charge on any atom is -0.282 e. The maximum absolute atomic E-state index is 11.6. The van der Waals surface area contributed by atoms with E-state index in [0.717, 1.165) is 21.2 Å². The summed E-state index contributed by atoms with van der Waals surface area (Å²) in [7, 11) is -20.2. The largest absolute Gasteiger partial charge is 0.294 e. The van der Waals surface area contributed by atoms with Crippen LogP contribution in [0.5, 0.6) is 0 Å². The summed E-state index contributed by atoms with van der Waals surface area (Å²) < 4.78 is 130. The fourth-order valence-electron chi connectivity index (χ4n) is 4.39. The molecule has 0 bridgehead atoms. The van der Waals surface area contributed by atoms with Crippen molar-refractivity contribution in [3.63, 3.8) is 0 Å². The van der Waals surface area contributed by atoms with E-state index < -0.39 is 56.3 Å². The Bertz CT molecular complexity index is 1800. The van der Waals surface area contributed by atoms with Gasteiger partial charge in [-0.25, -0.2) is 0 Å². The van der Waals surface area contributed by atoms with Gasteiger partial charge in [-0.1, -0.05) is 48.5 Å². The molecule has 18 heteroatoms. The molecule has 0 aliphatic heterocycles. The topological polar surface area (TPSA) is 217 Å². The van der Waals surface area contributed by atoms with Crippen LogP contribution in [0.15, 0.2) is 117 Å². The van der Waals surface area contributed by atoms with Crippen molar-refractivity contribution in [2.45, 2.75) is 26.0 Å². The van der Waals surface area contributed by atoms with E-state index in [9.17, 15) is 51.9 Å². The van der Waals surface area contributed by atoms with Crippen LogP contribution >= 0.6 is 15.8 Å². The van der Waals surface area contributed by atoms with Crippen molar-refractivity contribution in [3.05, 3.63) is 97.1 Å². The molecular formula is C27H26O12P2S4. The first-order valence-electron chi connectivity index (χ1n) is 12.7. The molecule has 0 aromatic heterocycles. The highest BCUT2D eigenvalue weighted by atomic mass is 32.2. The quantitative estimate of drug-likeness (QED) is 0.122. The Labute approximate surface area is 263 Å². The molecule has 0 saturated heterocycles. The van der Waals surface area contributed by atoms with Gasteiger partial charge in [0.1, 0.15) is 0 Å². The molecule has 0 amide bonds. The molecule has 45 heavy (non-hydrogen) atoms. The molecule has 0 saturated carbocycles. The van der Waals surface area contributed by atoms with Crippen LogP contribution in [-0.4, -0.2) is 64.2 Å². The summed E-state index contributed by atoms with van der Waals surface area (Å²) in [6.07, 6.45) is 1.56. The second-order valence-corrected chi connectivity index (χ2v) is 19.9. The molecule has 4 aromatic rings. The second kappa shape index (κ2) is 13.6. The SMILES string of the molecule is O=S(=O)(O)c1ccc(P(CCCP(c2ccc(S(=O)(=O)O)cc2)c2ccc(S(=O)(=O)O)cc2)c2ccc(S(=O)(=O)O)cc2)cc1. The van der Waals surface area contributed by atoms with Gasteiger partial charge in [-0.05, 0) is 104 Å². The minimum atomic E-state index is -4.44. The van der Waals surface area contributed by atoms with Crippen LogP contribution in [0.25, 0.3) is 0 Å². The third-order valence-corrected chi connectivity index (χ3v) is 15.2. The molecule has 4 aromatic carbocycles. The summed E-state index contributed by atoms with van der Waals surface area (Å²) in [5.41, 5.74) is 0. The summed E-state index contributed by atoms with van der Waals surface area (Å²) in [4.78, 5) is -1.19. The molecule has 0 radical (unpaired) electrons. The zero-order valence-corrected chi connectivity index (χ0v) is 28.0. The summed E-state index contributed by atoms with van der Waals surface area (Å²) in [5.74, 6) is 0. The van der Waals surface area contributed by atoms with Crippen LogP contribution < -0.4 is 21.2 Å². The molecule has 0 aliphatic rings. The van der Waals surface area contributed by atoms with E-state index in [1.807, 2.05) is 0 Å². The van der Waals surface area contributed by atoms with E-state index in [2.05, 4.69) is 0 Å². The molecule has 4 N–H and O–H groups in total. The first-order valence-corrected chi connectivity index (χ1v) is 21.5. The maximum Gasteiger partial charge on any atom is 0.294 e. The molecule has 0 spiro atoms. The van der Waals surface area contributed by atoms with E-state index in [-0.39, 0.29) is 19.6 Å². The Morgan fingerprint density at radius 2 is 0.533 bits per heavy atom. The van der Waals surface area contributed by atoms with Crippen molar-refractivity contribution >= 4 is 77.5 Å². The first-order chi connectivity index (χ1) is 20.8. The maximum atomic E-state index is 11.6. The van der Waals surface area contributed by atoms with Crippen LogP contribution in [0, 0.1) is 0 Å². The minimum absolute atomic E-state index is 0.298. The van der Waals surface area contributed by atoms with Gasteiger partial charge in [0.15, 0.2) is 0 Å². The van der Waals surface area contributed by atoms with Gasteiger partial charge in [-0.2, -0.15) is 33.7 Å². The lowest BCUT2D eigenvalue weighted by atomic mass is 10.4. The van der Waals surface area contributed by atoms with Crippen molar-refractivity contribution in [2.24, 2.45) is 0 Å². The zero-order valence-electron chi connectivity index (χ0n) is 22.9. The van der Waals surface area contributed by atoms with Crippen LogP contribution in [0.2, 0.25) is 0 Å². The van der Waals surface area contributed by atoms with Crippen LogP contribution in [0.4, 0.5) is 0 Å². The highest BCUT2D eigenvalue weighted by molar-refractivity contribution is 7.86. The Balaban J connectivity index is 1.68. The molecule has 0 unspecified atom stereocenters. The van der Waals surface area contributed by atoms with Crippen molar-refractivity contribution in [3.8, 4) is 0 Å². The average Bonchev–Trinajstić information content (AvgIpc) is 2.96. The average molecular weight is 733 g/mol. The second-order valence-electron chi connectivity index (χ2n) is 9.53. The van der Waals surface area contributed by atoms with Crippen molar-refractivity contribution < 1.29 is 51.9 Å². The summed E-state index contributed by atoms with van der Waals surface area (Å²) >= 11 is 0. The van der Waals surface area contributed by atoms with Crippen LogP contribution in [0.3, 0.4) is 0 Å². The molecule has 12 nitrogen and oxygen atoms in total. The lowest BCUT2D eigenvalue weighted by molar-refractivity contribution is 0.481. The first kappa shape index (κ1) is 35.2. The number of hydrogen-bond acceptors (Lipinski definition) is 8. The van der Waals surface area contributed by atoms with Gasteiger partial charge < -0.3 is 0 Å². The zero-order chi connectivity index (χ0) is 33.2. The Morgan fingerprint density at radius 1 is 0.356 bits per heavy atom. The summed E-state index contributed by atoms with van der Waals surface area (Å²) in [5, 5.41) is 2.88. The smallest absolute Gasteiger partial charge is 0.282 e. The van der Waals surface area contributed by atoms with Gasteiger partial charge in [0, 0.05) is 0 Å².